The van der Waals surface area contributed by atoms with E-state index in [1.807, 2.05) is 12.1 Å². The number of phenolic OH excluding ortho intramolecular Hbond substituents is 1. The van der Waals surface area contributed by atoms with Gasteiger partial charge in [0.05, 0.1) is 0 Å². The van der Waals surface area contributed by atoms with Gasteiger partial charge in [-0.25, -0.2) is 0 Å². The van der Waals surface area contributed by atoms with Gasteiger partial charge in [-0.3, -0.25) is 4.79 Å². The highest BCUT2D eigenvalue weighted by Gasteiger charge is 2.28. The number of phenols is 1. The summed E-state index contributed by atoms with van der Waals surface area (Å²) in [7, 11) is 0. The highest BCUT2D eigenvalue weighted by Crippen LogP contribution is 2.42. The van der Waals surface area contributed by atoms with Gasteiger partial charge in [-0.2, -0.15) is 0 Å². The number of hydrogen-bond donors (Lipinski definition) is 1. The largest absolute Gasteiger partial charge is 0.507 e. The predicted molar refractivity (Wildman–Crippen MR) is 111 cm³/mol. The molecule has 0 aliphatic heterocycles. The summed E-state index contributed by atoms with van der Waals surface area (Å²) in [5.41, 5.74) is 1.18. The van der Waals surface area contributed by atoms with Crippen LogP contribution in [0.25, 0.3) is 0 Å². The molecule has 0 spiro atoms. The van der Waals surface area contributed by atoms with Crippen LogP contribution in [0.5, 0.6) is 11.5 Å². The Morgan fingerprint density at radius 3 is 1.81 bits per heavy atom. The van der Waals surface area contributed by atoms with Crippen molar-refractivity contribution in [1.29, 1.82) is 0 Å². The Labute approximate surface area is 165 Å². The molecule has 0 bridgehead atoms. The Bertz CT molecular complexity index is 618. The van der Waals surface area contributed by atoms with Crippen LogP contribution in [-0.2, 0) is 15.6 Å². The molecule has 1 N–H and O–H groups in total. The second-order valence-corrected chi connectivity index (χ2v) is 10.3. The highest BCUT2D eigenvalue weighted by atomic mass is 16.5. The van der Waals surface area contributed by atoms with Gasteiger partial charge in [0.1, 0.15) is 11.5 Å². The molecule has 0 atom stereocenters. The average Bonchev–Trinajstić information content (AvgIpc) is 2.55. The number of rotatable bonds is 4. The van der Waals surface area contributed by atoms with E-state index in [1.54, 1.807) is 0 Å². The van der Waals surface area contributed by atoms with E-state index in [2.05, 4.69) is 48.5 Å². The zero-order valence-electron chi connectivity index (χ0n) is 18.3. The number of ether oxygens (including phenoxy) is 1. The molecule has 0 aromatic heterocycles. The molecule has 3 nitrogen and oxygen atoms in total. The molecule has 1 fully saturated rings. The van der Waals surface area contributed by atoms with E-state index in [4.69, 9.17) is 4.74 Å². The molecular weight excluding hydrogens is 336 g/mol. The fraction of sp³-hybridized carbons (Fsp3) is 0.708. The minimum atomic E-state index is -0.231. The topological polar surface area (TPSA) is 46.5 Å². The summed E-state index contributed by atoms with van der Waals surface area (Å²) in [6.45, 7) is 14.6. The first-order valence-electron chi connectivity index (χ1n) is 10.5. The summed E-state index contributed by atoms with van der Waals surface area (Å²) in [5, 5.41) is 10.8. The molecule has 1 aliphatic carbocycles. The van der Waals surface area contributed by atoms with Gasteiger partial charge < -0.3 is 9.84 Å². The molecule has 1 saturated carbocycles. The molecule has 152 valence electrons. The SMILES string of the molecule is CCC1CCC(CC(=O)Oc2cc(C(C)(C)C)c(O)c(C(C)(C)C)c2)CC1. The Morgan fingerprint density at radius 2 is 1.41 bits per heavy atom. The molecule has 1 aliphatic rings. The van der Waals surface area contributed by atoms with E-state index in [0.29, 0.717) is 23.8 Å². The maximum absolute atomic E-state index is 12.6. The van der Waals surface area contributed by atoms with Crippen molar-refractivity contribution < 1.29 is 14.6 Å². The van der Waals surface area contributed by atoms with Crippen LogP contribution in [0.1, 0.15) is 98.1 Å². The van der Waals surface area contributed by atoms with Crippen LogP contribution in [-0.4, -0.2) is 11.1 Å². The van der Waals surface area contributed by atoms with Crippen LogP contribution in [0, 0.1) is 11.8 Å². The van der Waals surface area contributed by atoms with Gasteiger partial charge in [-0.15, -0.1) is 0 Å². The van der Waals surface area contributed by atoms with Crippen molar-refractivity contribution in [1.82, 2.24) is 0 Å². The Morgan fingerprint density at radius 1 is 0.963 bits per heavy atom. The normalized spacial score (nSPS) is 21.1. The quantitative estimate of drug-likeness (QED) is 0.483. The summed E-state index contributed by atoms with van der Waals surface area (Å²) in [6.07, 6.45) is 6.46. The van der Waals surface area contributed by atoms with Gasteiger partial charge >= 0.3 is 5.97 Å². The lowest BCUT2D eigenvalue weighted by Crippen LogP contribution is -2.21. The van der Waals surface area contributed by atoms with E-state index in [-0.39, 0.29) is 16.8 Å². The third kappa shape index (κ3) is 5.73. The summed E-state index contributed by atoms with van der Waals surface area (Å²) in [5.74, 6) is 1.99. The van der Waals surface area contributed by atoms with Gasteiger partial charge in [-0.1, -0.05) is 67.7 Å². The first-order chi connectivity index (χ1) is 12.4. The van der Waals surface area contributed by atoms with Crippen molar-refractivity contribution in [3.8, 4) is 11.5 Å². The second kappa shape index (κ2) is 8.24. The summed E-state index contributed by atoms with van der Waals surface area (Å²) < 4.78 is 5.75. The number of hydrogen-bond acceptors (Lipinski definition) is 3. The van der Waals surface area contributed by atoms with E-state index < -0.39 is 0 Å². The van der Waals surface area contributed by atoms with E-state index in [0.717, 1.165) is 29.9 Å². The van der Waals surface area contributed by atoms with Gasteiger partial charge in [-0.05, 0) is 47.6 Å². The Kier molecular flexibility index (Phi) is 6.65. The number of carbonyl (C=O) groups is 1. The number of aromatic hydroxyl groups is 1. The first-order valence-corrected chi connectivity index (χ1v) is 10.5. The summed E-state index contributed by atoms with van der Waals surface area (Å²) in [6, 6.07) is 3.66. The molecule has 0 radical (unpaired) electrons. The molecule has 2 rings (SSSR count). The molecule has 1 aromatic rings. The number of esters is 1. The minimum absolute atomic E-state index is 0.152. The molecule has 3 heteroatoms. The highest BCUT2D eigenvalue weighted by molar-refractivity contribution is 5.73. The molecule has 0 heterocycles. The van der Waals surface area contributed by atoms with E-state index in [1.165, 1.54) is 19.3 Å². The van der Waals surface area contributed by atoms with Crippen LogP contribution >= 0.6 is 0 Å². The minimum Gasteiger partial charge on any atom is -0.507 e. The van der Waals surface area contributed by atoms with Crippen molar-refractivity contribution in [2.24, 2.45) is 11.8 Å². The van der Waals surface area contributed by atoms with Crippen LogP contribution < -0.4 is 4.74 Å². The van der Waals surface area contributed by atoms with Gasteiger partial charge in [0, 0.05) is 17.5 Å². The zero-order chi connectivity index (χ0) is 20.4. The predicted octanol–water partition coefficient (Wildman–Crippen LogP) is 6.50. The van der Waals surface area contributed by atoms with Crippen molar-refractivity contribution in [2.45, 2.75) is 97.8 Å². The third-order valence-electron chi connectivity index (χ3n) is 5.93. The standard InChI is InChI=1S/C24H38O3/c1-8-16-9-11-17(12-10-16)13-21(25)27-18-14-19(23(2,3)4)22(26)20(15-18)24(5,6)7/h14-17,26H,8-13H2,1-7H3. The van der Waals surface area contributed by atoms with Crippen molar-refractivity contribution in [3.05, 3.63) is 23.3 Å². The Hall–Kier alpha value is -1.51. The monoisotopic (exact) mass is 374 g/mol. The lowest BCUT2D eigenvalue weighted by Gasteiger charge is -2.28. The van der Waals surface area contributed by atoms with Crippen LogP contribution in [0.15, 0.2) is 12.1 Å². The second-order valence-electron chi connectivity index (χ2n) is 10.3. The summed E-state index contributed by atoms with van der Waals surface area (Å²) >= 11 is 0. The van der Waals surface area contributed by atoms with Crippen molar-refractivity contribution in [3.63, 3.8) is 0 Å². The maximum atomic E-state index is 12.6. The molecular formula is C24H38O3. The van der Waals surface area contributed by atoms with Crippen molar-refractivity contribution >= 4 is 5.97 Å². The zero-order valence-corrected chi connectivity index (χ0v) is 18.3. The van der Waals surface area contributed by atoms with Crippen molar-refractivity contribution in [2.75, 3.05) is 0 Å². The maximum Gasteiger partial charge on any atom is 0.311 e. The van der Waals surface area contributed by atoms with Gasteiger partial charge in [0.25, 0.3) is 0 Å². The molecule has 0 unspecified atom stereocenters. The first kappa shape index (κ1) is 21.8. The summed E-state index contributed by atoms with van der Waals surface area (Å²) in [4.78, 5) is 12.6. The lowest BCUT2D eigenvalue weighted by molar-refractivity contribution is -0.135. The average molecular weight is 375 g/mol. The van der Waals surface area contributed by atoms with Gasteiger partial charge in [0.15, 0.2) is 0 Å². The number of benzene rings is 1. The fourth-order valence-corrected chi connectivity index (χ4v) is 4.06. The number of carbonyl (C=O) groups excluding carboxylic acids is 1. The lowest BCUT2D eigenvalue weighted by atomic mass is 9.79. The molecule has 27 heavy (non-hydrogen) atoms. The van der Waals surface area contributed by atoms with E-state index in [9.17, 15) is 9.90 Å². The fourth-order valence-electron chi connectivity index (χ4n) is 4.06. The van der Waals surface area contributed by atoms with Crippen LogP contribution in [0.3, 0.4) is 0 Å². The molecule has 0 amide bonds. The molecule has 0 saturated heterocycles. The van der Waals surface area contributed by atoms with Crippen LogP contribution in [0.4, 0.5) is 0 Å². The van der Waals surface area contributed by atoms with Gasteiger partial charge in [0.2, 0.25) is 0 Å². The van der Waals surface area contributed by atoms with E-state index >= 15 is 0 Å². The van der Waals surface area contributed by atoms with Crippen LogP contribution in [0.2, 0.25) is 0 Å². The Balaban J connectivity index is 2.17. The third-order valence-corrected chi connectivity index (χ3v) is 5.93. The smallest absolute Gasteiger partial charge is 0.311 e. The molecule has 1 aromatic carbocycles.